The van der Waals surface area contributed by atoms with Crippen molar-refractivity contribution in [3.8, 4) is 5.75 Å². The van der Waals surface area contributed by atoms with Crippen LogP contribution in [0.15, 0.2) is 66.2 Å². The fraction of sp³-hybridized carbons (Fsp3) is 0.333. The molecule has 8 nitrogen and oxygen atoms in total. The van der Waals surface area contributed by atoms with Crippen LogP contribution in [0.5, 0.6) is 5.75 Å². The van der Waals surface area contributed by atoms with Crippen molar-refractivity contribution in [1.82, 2.24) is 8.87 Å². The summed E-state index contributed by atoms with van der Waals surface area (Å²) in [7, 11) is -3.66. The van der Waals surface area contributed by atoms with Gasteiger partial charge in [-0.15, -0.1) is 0 Å². The summed E-state index contributed by atoms with van der Waals surface area (Å²) in [5, 5.41) is 0.886. The lowest BCUT2D eigenvalue weighted by Gasteiger charge is -2.17. The molecule has 0 aliphatic carbocycles. The van der Waals surface area contributed by atoms with E-state index in [1.165, 1.54) is 10.4 Å². The van der Waals surface area contributed by atoms with Crippen LogP contribution in [0.3, 0.4) is 0 Å². The van der Waals surface area contributed by atoms with Crippen LogP contribution in [-0.2, 0) is 26.1 Å². The minimum absolute atomic E-state index is 0.00186. The summed E-state index contributed by atoms with van der Waals surface area (Å²) in [6.45, 7) is 8.33. The summed E-state index contributed by atoms with van der Waals surface area (Å²) < 4.78 is 40.6. The standard InChI is InChI=1S/C27H30N2O6S/c1-4-15-34-27(31)20-5-10-24-25(18-28(13-14-30)26(24)16-20)21-11-12-29(17-21)36(32,33)23-8-6-22(7-9-23)35-19(2)3/h4-10,14,16,18-19,21H,1,11-13,15,17H2,2-3H3. The number of hydrogen-bond donors (Lipinski definition) is 0. The van der Waals surface area contributed by atoms with Gasteiger partial charge in [-0.1, -0.05) is 18.7 Å². The van der Waals surface area contributed by atoms with Gasteiger partial charge in [-0.2, -0.15) is 4.31 Å². The number of ether oxygens (including phenoxy) is 2. The third-order valence-corrected chi connectivity index (χ3v) is 8.06. The van der Waals surface area contributed by atoms with Crippen molar-refractivity contribution in [3.05, 3.63) is 72.4 Å². The molecular formula is C27H30N2O6S. The molecule has 1 aliphatic rings. The fourth-order valence-electron chi connectivity index (χ4n) is 4.53. The molecule has 1 saturated heterocycles. The van der Waals surface area contributed by atoms with Gasteiger partial charge in [0.25, 0.3) is 0 Å². The number of fused-ring (bicyclic) bond motifs is 1. The molecule has 9 heteroatoms. The van der Waals surface area contributed by atoms with Crippen molar-refractivity contribution in [2.45, 2.75) is 43.7 Å². The van der Waals surface area contributed by atoms with Gasteiger partial charge in [-0.25, -0.2) is 13.2 Å². The number of esters is 1. The number of nitrogens with zero attached hydrogens (tertiary/aromatic N) is 2. The average molecular weight is 511 g/mol. The summed E-state index contributed by atoms with van der Waals surface area (Å²) in [5.41, 5.74) is 2.06. The molecular weight excluding hydrogens is 480 g/mol. The molecule has 1 atom stereocenters. The monoisotopic (exact) mass is 510 g/mol. The molecule has 1 fully saturated rings. The molecule has 190 valence electrons. The van der Waals surface area contributed by atoms with Gasteiger partial charge in [0, 0.05) is 36.1 Å². The molecule has 4 rings (SSSR count). The van der Waals surface area contributed by atoms with E-state index in [9.17, 15) is 18.0 Å². The summed E-state index contributed by atoms with van der Waals surface area (Å²) in [6, 6.07) is 11.7. The van der Waals surface area contributed by atoms with Gasteiger partial charge in [-0.05, 0) is 62.2 Å². The first kappa shape index (κ1) is 25.7. The van der Waals surface area contributed by atoms with Crippen molar-refractivity contribution in [3.63, 3.8) is 0 Å². The van der Waals surface area contributed by atoms with Crippen LogP contribution in [0.25, 0.3) is 10.9 Å². The molecule has 0 bridgehead atoms. The molecule has 1 aliphatic heterocycles. The summed E-state index contributed by atoms with van der Waals surface area (Å²) in [6.07, 6.45) is 4.83. The van der Waals surface area contributed by atoms with E-state index in [1.807, 2.05) is 26.1 Å². The quantitative estimate of drug-likeness (QED) is 0.231. The Labute approximate surface area is 211 Å². The molecule has 1 aromatic heterocycles. The van der Waals surface area contributed by atoms with E-state index in [4.69, 9.17) is 9.47 Å². The van der Waals surface area contributed by atoms with Crippen molar-refractivity contribution in [2.75, 3.05) is 19.7 Å². The van der Waals surface area contributed by atoms with E-state index < -0.39 is 16.0 Å². The number of aromatic nitrogens is 1. The van der Waals surface area contributed by atoms with E-state index in [0.29, 0.717) is 30.8 Å². The van der Waals surface area contributed by atoms with Gasteiger partial charge in [0.15, 0.2) is 0 Å². The third kappa shape index (κ3) is 5.22. The zero-order valence-electron chi connectivity index (χ0n) is 20.4. The second kappa shape index (κ2) is 10.7. The first-order chi connectivity index (χ1) is 17.2. The molecule has 36 heavy (non-hydrogen) atoms. The van der Waals surface area contributed by atoms with Crippen molar-refractivity contribution < 1.29 is 27.5 Å². The highest BCUT2D eigenvalue weighted by Crippen LogP contribution is 2.36. The van der Waals surface area contributed by atoms with Crippen LogP contribution < -0.4 is 4.74 Å². The Bertz CT molecular complexity index is 1380. The lowest BCUT2D eigenvalue weighted by atomic mass is 9.97. The van der Waals surface area contributed by atoms with Gasteiger partial charge in [-0.3, -0.25) is 0 Å². The molecule has 3 aromatic rings. The maximum atomic E-state index is 13.3. The molecule has 1 unspecified atom stereocenters. The SMILES string of the molecule is C=CCOC(=O)c1ccc2c(C3CCN(S(=O)(=O)c4ccc(OC(C)C)cc4)C3)cn(CC=O)c2c1. The Balaban J connectivity index is 1.59. The number of aldehydes is 1. The minimum atomic E-state index is -3.66. The average Bonchev–Trinajstić information content (AvgIpc) is 3.48. The molecule has 0 N–H and O–H groups in total. The maximum absolute atomic E-state index is 13.3. The number of carbonyl (C=O) groups excluding carboxylic acids is 2. The predicted octanol–water partition coefficient (Wildman–Crippen LogP) is 4.15. The van der Waals surface area contributed by atoms with Gasteiger partial charge in [0.1, 0.15) is 18.6 Å². The van der Waals surface area contributed by atoms with E-state index in [0.717, 1.165) is 22.8 Å². The van der Waals surface area contributed by atoms with Gasteiger partial charge in [0.2, 0.25) is 10.0 Å². The van der Waals surface area contributed by atoms with Crippen LogP contribution in [-0.4, -0.2) is 55.3 Å². The fourth-order valence-corrected chi connectivity index (χ4v) is 6.03. The molecule has 0 radical (unpaired) electrons. The first-order valence-electron chi connectivity index (χ1n) is 11.9. The minimum Gasteiger partial charge on any atom is -0.491 e. The van der Waals surface area contributed by atoms with E-state index >= 15 is 0 Å². The molecule has 2 heterocycles. The normalized spacial score (nSPS) is 16.4. The Morgan fingerprint density at radius 2 is 1.94 bits per heavy atom. The van der Waals surface area contributed by atoms with E-state index in [-0.39, 0.29) is 30.1 Å². The highest BCUT2D eigenvalue weighted by molar-refractivity contribution is 7.89. The zero-order valence-corrected chi connectivity index (χ0v) is 21.2. The lowest BCUT2D eigenvalue weighted by Crippen LogP contribution is -2.28. The van der Waals surface area contributed by atoms with Crippen molar-refractivity contribution >= 4 is 33.2 Å². The molecule has 0 saturated carbocycles. The highest BCUT2D eigenvalue weighted by atomic mass is 32.2. The summed E-state index contributed by atoms with van der Waals surface area (Å²) in [4.78, 5) is 23.9. The van der Waals surface area contributed by atoms with Crippen LogP contribution in [0, 0.1) is 0 Å². The first-order valence-corrected chi connectivity index (χ1v) is 13.3. The largest absolute Gasteiger partial charge is 0.491 e. The topological polar surface area (TPSA) is 94.9 Å². The summed E-state index contributed by atoms with van der Waals surface area (Å²) >= 11 is 0. The number of sulfonamides is 1. The van der Waals surface area contributed by atoms with E-state index in [2.05, 4.69) is 6.58 Å². The lowest BCUT2D eigenvalue weighted by molar-refractivity contribution is -0.108. The molecule has 0 spiro atoms. The highest BCUT2D eigenvalue weighted by Gasteiger charge is 2.34. The smallest absolute Gasteiger partial charge is 0.338 e. The maximum Gasteiger partial charge on any atom is 0.338 e. The molecule has 0 amide bonds. The predicted molar refractivity (Wildman–Crippen MR) is 137 cm³/mol. The van der Waals surface area contributed by atoms with Gasteiger partial charge in [0.05, 0.1) is 23.1 Å². The second-order valence-electron chi connectivity index (χ2n) is 9.01. The summed E-state index contributed by atoms with van der Waals surface area (Å²) in [5.74, 6) is 0.108. The second-order valence-corrected chi connectivity index (χ2v) is 10.9. The van der Waals surface area contributed by atoms with Crippen molar-refractivity contribution in [1.29, 1.82) is 0 Å². The van der Waals surface area contributed by atoms with E-state index in [1.54, 1.807) is 41.0 Å². The Morgan fingerprint density at radius 3 is 2.61 bits per heavy atom. The van der Waals surface area contributed by atoms with Crippen LogP contribution in [0.4, 0.5) is 0 Å². The Kier molecular flexibility index (Phi) is 7.61. The van der Waals surface area contributed by atoms with Crippen LogP contribution in [0.2, 0.25) is 0 Å². The number of carbonyl (C=O) groups is 2. The number of hydrogen-bond acceptors (Lipinski definition) is 6. The molecule has 2 aromatic carbocycles. The van der Waals surface area contributed by atoms with Crippen LogP contribution in [0.1, 0.15) is 42.1 Å². The Hall–Kier alpha value is -3.43. The number of benzene rings is 2. The third-order valence-electron chi connectivity index (χ3n) is 6.18. The number of rotatable bonds is 10. The van der Waals surface area contributed by atoms with Gasteiger partial charge < -0.3 is 18.8 Å². The zero-order chi connectivity index (χ0) is 25.9. The van der Waals surface area contributed by atoms with Crippen LogP contribution >= 0.6 is 0 Å². The Morgan fingerprint density at radius 1 is 1.19 bits per heavy atom. The van der Waals surface area contributed by atoms with Gasteiger partial charge >= 0.3 is 5.97 Å². The van der Waals surface area contributed by atoms with Crippen molar-refractivity contribution in [2.24, 2.45) is 0 Å².